The van der Waals surface area contributed by atoms with Crippen LogP contribution in [0.25, 0.3) is 0 Å². The number of phenolic OH excluding ortho intramolecular Hbond substituents is 1. The number of nitrogens with zero attached hydrogens (tertiary/aromatic N) is 1. The number of thioether (sulfide) groups is 1. The summed E-state index contributed by atoms with van der Waals surface area (Å²) in [6.45, 7) is 1.76. The second-order valence-electron chi connectivity index (χ2n) is 6.20. The number of aromatic hydroxyl groups is 1. The van der Waals surface area contributed by atoms with E-state index in [-0.39, 0.29) is 11.4 Å². The monoisotopic (exact) mass is 389 g/mol. The van der Waals surface area contributed by atoms with Gasteiger partial charge in [-0.2, -0.15) is 0 Å². The molecule has 3 rings (SSSR count). The van der Waals surface area contributed by atoms with Gasteiger partial charge in [0.15, 0.2) is 6.04 Å². The summed E-state index contributed by atoms with van der Waals surface area (Å²) in [6.07, 6.45) is 3.35. The predicted octanol–water partition coefficient (Wildman–Crippen LogP) is -1.34. The Balaban J connectivity index is 1.74. The Morgan fingerprint density at radius 1 is 1.41 bits per heavy atom. The lowest BCUT2D eigenvalue weighted by molar-refractivity contribution is -0.409. The minimum absolute atomic E-state index is 0.0771. The van der Waals surface area contributed by atoms with Crippen molar-refractivity contribution in [3.8, 4) is 5.75 Å². The van der Waals surface area contributed by atoms with E-state index in [0.29, 0.717) is 16.9 Å². The normalized spacial score (nSPS) is 23.0. The average Bonchev–Trinajstić information content (AvgIpc) is 2.65. The van der Waals surface area contributed by atoms with Crippen LogP contribution in [0.5, 0.6) is 5.75 Å². The van der Waals surface area contributed by atoms with Crippen LogP contribution in [0, 0.1) is 0 Å². The maximum atomic E-state index is 12.5. The first kappa shape index (κ1) is 19.0. The van der Waals surface area contributed by atoms with Crippen LogP contribution in [-0.4, -0.2) is 45.0 Å². The van der Waals surface area contributed by atoms with Crippen LogP contribution in [0.4, 0.5) is 0 Å². The number of phenols is 1. The molecule has 142 valence electrons. The molecule has 5 N–H and O–H groups in total. The molecule has 8 nitrogen and oxygen atoms in total. The number of carboxylic acids is 1. The summed E-state index contributed by atoms with van der Waals surface area (Å²) in [5.74, 6) is -1.86. The standard InChI is InChI=1S/C18H19N3O5S/c1-2-3-10-8-27-17-13(16(24)21(17)14(10)18(25)26)20-15(23)12(19)9-4-6-11(22)7-5-9/h2-7,12-13,17,22H,8,19H2,1H3,(H,20,23)(H,25,26)/b3-2-/t12-,13-,17-/m1/s1. The van der Waals surface area contributed by atoms with E-state index in [9.17, 15) is 24.6 Å². The molecule has 27 heavy (non-hydrogen) atoms. The second-order valence-corrected chi connectivity index (χ2v) is 7.31. The smallest absolute Gasteiger partial charge is 0.283 e. The molecule has 1 saturated heterocycles. The minimum atomic E-state index is -1.41. The number of hydrogen-bond acceptors (Lipinski definition) is 6. The van der Waals surface area contributed by atoms with Crippen molar-refractivity contribution < 1.29 is 30.3 Å². The van der Waals surface area contributed by atoms with E-state index in [4.69, 9.17) is 0 Å². The molecule has 0 spiro atoms. The molecule has 1 aromatic carbocycles. The van der Waals surface area contributed by atoms with Crippen LogP contribution in [0.1, 0.15) is 18.5 Å². The quantitative estimate of drug-likeness (QED) is 0.533. The first-order valence-corrected chi connectivity index (χ1v) is 9.34. The van der Waals surface area contributed by atoms with Crippen molar-refractivity contribution in [1.82, 2.24) is 10.2 Å². The zero-order valence-electron chi connectivity index (χ0n) is 14.5. The molecule has 3 atom stereocenters. The number of carbonyl (C=O) groups excluding carboxylic acids is 3. The molecule has 9 heteroatoms. The number of aliphatic carboxylic acids is 1. The van der Waals surface area contributed by atoms with Gasteiger partial charge in [-0.15, -0.1) is 11.8 Å². The van der Waals surface area contributed by atoms with Gasteiger partial charge in [-0.1, -0.05) is 12.2 Å². The topological polar surface area (TPSA) is 137 Å². The molecule has 2 heterocycles. The molecule has 0 radical (unpaired) electrons. The van der Waals surface area contributed by atoms with Gasteiger partial charge < -0.3 is 26.1 Å². The molecule has 1 fully saturated rings. The van der Waals surface area contributed by atoms with Crippen LogP contribution < -0.4 is 16.2 Å². The van der Waals surface area contributed by atoms with Crippen molar-refractivity contribution in [1.29, 1.82) is 0 Å². The molecule has 0 unspecified atom stereocenters. The van der Waals surface area contributed by atoms with E-state index in [1.165, 1.54) is 28.8 Å². The summed E-state index contributed by atoms with van der Waals surface area (Å²) in [4.78, 5) is 37.6. The zero-order valence-corrected chi connectivity index (χ0v) is 15.4. The fourth-order valence-corrected chi connectivity index (χ4v) is 4.39. The number of allylic oxidation sites excluding steroid dienone is 2. The number of amides is 2. The van der Waals surface area contributed by atoms with Gasteiger partial charge in [-0.05, 0) is 36.8 Å². The first-order chi connectivity index (χ1) is 12.8. The Bertz CT molecular complexity index is 849. The van der Waals surface area contributed by atoms with Gasteiger partial charge in [0.2, 0.25) is 0 Å². The molecule has 0 bridgehead atoms. The average molecular weight is 389 g/mol. The summed E-state index contributed by atoms with van der Waals surface area (Å²) in [5, 5.41) is 23.0. The number of carbonyl (C=O) groups is 3. The Kier molecular flexibility index (Phi) is 5.24. The minimum Gasteiger partial charge on any atom is -0.543 e. The predicted molar refractivity (Wildman–Crippen MR) is 95.6 cm³/mol. The number of carboxylic acid groups (broad SMARTS) is 1. The second kappa shape index (κ2) is 7.45. The number of nitrogens with one attached hydrogen (secondary N) is 1. The lowest BCUT2D eigenvalue weighted by atomic mass is 10.0. The summed E-state index contributed by atoms with van der Waals surface area (Å²) in [7, 11) is 0. The van der Waals surface area contributed by atoms with E-state index in [1.807, 2.05) is 0 Å². The van der Waals surface area contributed by atoms with Gasteiger partial charge in [0.1, 0.15) is 17.2 Å². The maximum absolute atomic E-state index is 12.5. The molecule has 2 amide bonds. The van der Waals surface area contributed by atoms with E-state index in [0.717, 1.165) is 0 Å². The SMILES string of the molecule is C/C=C\C1=C(C(=O)[O-])N2C(=O)[C@@H](NC(=O)[C@H]([NH3+])c3ccc(O)cc3)[C@H]2SC1. The van der Waals surface area contributed by atoms with Crippen molar-refractivity contribution in [2.45, 2.75) is 24.4 Å². The van der Waals surface area contributed by atoms with Crippen LogP contribution in [-0.2, 0) is 14.4 Å². The number of fused-ring (bicyclic) bond motifs is 1. The van der Waals surface area contributed by atoms with E-state index in [1.54, 1.807) is 31.2 Å². The lowest BCUT2D eigenvalue weighted by Crippen LogP contribution is -2.73. The molecule has 2 aliphatic rings. The zero-order chi connectivity index (χ0) is 19.7. The molecule has 0 aromatic heterocycles. The van der Waals surface area contributed by atoms with Crippen molar-refractivity contribution >= 4 is 29.5 Å². The van der Waals surface area contributed by atoms with Gasteiger partial charge in [-0.3, -0.25) is 14.5 Å². The van der Waals surface area contributed by atoms with Gasteiger partial charge in [0.05, 0.1) is 11.7 Å². The molecule has 2 aliphatic heterocycles. The largest absolute Gasteiger partial charge is 0.543 e. The van der Waals surface area contributed by atoms with Crippen LogP contribution in [0.3, 0.4) is 0 Å². The number of hydrogen-bond donors (Lipinski definition) is 3. The maximum Gasteiger partial charge on any atom is 0.283 e. The Morgan fingerprint density at radius 3 is 2.67 bits per heavy atom. The third-order valence-corrected chi connectivity index (χ3v) is 5.77. The van der Waals surface area contributed by atoms with Crippen LogP contribution in [0.15, 0.2) is 47.7 Å². The summed E-state index contributed by atoms with van der Waals surface area (Å²) in [6, 6.07) is 4.48. The number of rotatable bonds is 5. The summed E-state index contributed by atoms with van der Waals surface area (Å²) >= 11 is 1.38. The lowest BCUT2D eigenvalue weighted by Gasteiger charge is -2.50. The fraction of sp³-hybridized carbons (Fsp3) is 0.278. The highest BCUT2D eigenvalue weighted by Crippen LogP contribution is 2.40. The molecule has 0 aliphatic carbocycles. The fourth-order valence-electron chi connectivity index (χ4n) is 3.07. The Labute approximate surface area is 159 Å². The van der Waals surface area contributed by atoms with Gasteiger partial charge in [-0.25, -0.2) is 0 Å². The number of quaternary nitrogens is 1. The Morgan fingerprint density at radius 2 is 2.07 bits per heavy atom. The van der Waals surface area contributed by atoms with E-state index >= 15 is 0 Å². The van der Waals surface area contributed by atoms with Crippen molar-refractivity contribution in [2.24, 2.45) is 0 Å². The van der Waals surface area contributed by atoms with E-state index < -0.39 is 35.2 Å². The highest BCUT2D eigenvalue weighted by Gasteiger charge is 2.53. The number of β-lactam (4-membered cyclic amide) rings is 1. The van der Waals surface area contributed by atoms with Crippen molar-refractivity contribution in [2.75, 3.05) is 5.75 Å². The third-order valence-electron chi connectivity index (χ3n) is 4.47. The van der Waals surface area contributed by atoms with E-state index in [2.05, 4.69) is 11.1 Å². The van der Waals surface area contributed by atoms with Crippen LogP contribution >= 0.6 is 11.8 Å². The highest BCUT2D eigenvalue weighted by atomic mass is 32.2. The van der Waals surface area contributed by atoms with Gasteiger partial charge in [0, 0.05) is 11.3 Å². The first-order valence-electron chi connectivity index (χ1n) is 8.29. The molecule has 1 aromatic rings. The van der Waals surface area contributed by atoms with Crippen LogP contribution in [0.2, 0.25) is 0 Å². The summed E-state index contributed by atoms with van der Waals surface area (Å²) < 4.78 is 0. The third kappa shape index (κ3) is 3.43. The van der Waals surface area contributed by atoms with Gasteiger partial charge in [0.25, 0.3) is 11.8 Å². The highest BCUT2D eigenvalue weighted by molar-refractivity contribution is 8.00. The molecule has 0 saturated carbocycles. The summed E-state index contributed by atoms with van der Waals surface area (Å²) in [5.41, 5.74) is 4.77. The van der Waals surface area contributed by atoms with Crippen molar-refractivity contribution in [3.63, 3.8) is 0 Å². The Hall–Kier alpha value is -2.78. The number of benzene rings is 1. The molecular formula is C18H19N3O5S. The van der Waals surface area contributed by atoms with Crippen molar-refractivity contribution in [3.05, 3.63) is 53.3 Å². The molecular weight excluding hydrogens is 370 g/mol. The van der Waals surface area contributed by atoms with Gasteiger partial charge >= 0.3 is 0 Å².